The molecule has 22 heavy (non-hydrogen) atoms. The van der Waals surface area contributed by atoms with E-state index in [1.54, 1.807) is 62.8 Å². The molecule has 0 fully saturated rings. The first-order chi connectivity index (χ1) is 10.6. The zero-order valence-electron chi connectivity index (χ0n) is 12.2. The lowest BCUT2D eigenvalue weighted by atomic mass is 10.1. The summed E-state index contributed by atoms with van der Waals surface area (Å²) in [5.41, 5.74) is 0.804. The molecule has 0 heterocycles. The minimum Gasteiger partial charge on any atom is -0.506 e. The molecule has 2 aromatic rings. The van der Waals surface area contributed by atoms with E-state index in [1.165, 1.54) is 0 Å². The van der Waals surface area contributed by atoms with Crippen molar-refractivity contribution in [1.82, 2.24) is 0 Å². The second kappa shape index (κ2) is 7.00. The molecule has 0 saturated carbocycles. The second-order valence-corrected chi connectivity index (χ2v) is 4.83. The van der Waals surface area contributed by atoms with Crippen LogP contribution in [-0.2, 0) is 0 Å². The van der Waals surface area contributed by atoms with Crippen LogP contribution in [0.5, 0.6) is 11.5 Å². The van der Waals surface area contributed by atoms with Crippen LogP contribution in [0.2, 0.25) is 0 Å². The Hall–Kier alpha value is -2.46. The third-order valence-electron chi connectivity index (χ3n) is 3.12. The third kappa shape index (κ3) is 3.40. The van der Waals surface area contributed by atoms with E-state index < -0.39 is 5.78 Å². The Kier molecular flexibility index (Phi) is 5.07. The van der Waals surface area contributed by atoms with Crippen LogP contribution < -0.4 is 9.47 Å². The second-order valence-electron chi connectivity index (χ2n) is 4.45. The summed E-state index contributed by atoms with van der Waals surface area (Å²) in [6.45, 7) is 0. The van der Waals surface area contributed by atoms with Gasteiger partial charge in [-0.2, -0.15) is 0 Å². The van der Waals surface area contributed by atoms with E-state index in [0.717, 1.165) is 0 Å². The SMILES string of the molecule is COc1ccc(C(=O)C(Cl)=C(O)c2ccc(OC)cc2)cc1. The quantitative estimate of drug-likeness (QED) is 0.513. The molecule has 0 bridgehead atoms. The fraction of sp³-hybridized carbons (Fsp3) is 0.118. The number of hydrogen-bond donors (Lipinski definition) is 1. The minimum absolute atomic E-state index is 0.240. The van der Waals surface area contributed by atoms with Gasteiger partial charge in [0.15, 0.2) is 0 Å². The molecule has 0 atom stereocenters. The lowest BCUT2D eigenvalue weighted by Gasteiger charge is -2.06. The Morgan fingerprint density at radius 1 is 0.864 bits per heavy atom. The van der Waals surface area contributed by atoms with E-state index in [0.29, 0.717) is 22.6 Å². The number of allylic oxidation sites excluding steroid dienone is 1. The summed E-state index contributed by atoms with van der Waals surface area (Å²) in [7, 11) is 3.09. The van der Waals surface area contributed by atoms with Gasteiger partial charge in [-0.15, -0.1) is 0 Å². The number of carbonyl (C=O) groups excluding carboxylic acids is 1. The van der Waals surface area contributed by atoms with Crippen LogP contribution in [-0.4, -0.2) is 25.1 Å². The summed E-state index contributed by atoms with van der Waals surface area (Å²) in [5, 5.41) is 9.91. The predicted molar refractivity (Wildman–Crippen MR) is 85.7 cm³/mol. The van der Waals surface area contributed by atoms with Crippen molar-refractivity contribution in [1.29, 1.82) is 0 Å². The number of rotatable bonds is 5. The van der Waals surface area contributed by atoms with E-state index in [2.05, 4.69) is 0 Å². The van der Waals surface area contributed by atoms with Gasteiger partial charge in [0, 0.05) is 11.1 Å². The summed E-state index contributed by atoms with van der Waals surface area (Å²) < 4.78 is 10.1. The summed E-state index contributed by atoms with van der Waals surface area (Å²) in [6, 6.07) is 13.1. The normalized spacial score (nSPS) is 11.6. The Bertz CT molecular complexity index is 688. The number of aliphatic hydroxyl groups excluding tert-OH is 1. The van der Waals surface area contributed by atoms with E-state index in [4.69, 9.17) is 21.1 Å². The molecule has 2 aromatic carbocycles. The van der Waals surface area contributed by atoms with Crippen molar-refractivity contribution in [2.75, 3.05) is 14.2 Å². The third-order valence-corrected chi connectivity index (χ3v) is 3.47. The molecule has 1 N–H and O–H groups in total. The molecule has 0 amide bonds. The lowest BCUT2D eigenvalue weighted by Crippen LogP contribution is -2.02. The van der Waals surface area contributed by atoms with Crippen molar-refractivity contribution in [3.8, 4) is 11.5 Å². The maximum absolute atomic E-state index is 12.3. The molecule has 0 spiro atoms. The maximum Gasteiger partial charge on any atom is 0.208 e. The zero-order chi connectivity index (χ0) is 16.1. The van der Waals surface area contributed by atoms with Crippen LogP contribution in [0.4, 0.5) is 0 Å². The number of methoxy groups -OCH3 is 2. The summed E-state index contributed by atoms with van der Waals surface area (Å²) in [4.78, 5) is 12.3. The highest BCUT2D eigenvalue weighted by atomic mass is 35.5. The lowest BCUT2D eigenvalue weighted by molar-refractivity contribution is 0.104. The first-order valence-corrected chi connectivity index (χ1v) is 6.86. The Morgan fingerprint density at radius 2 is 1.27 bits per heavy atom. The highest BCUT2D eigenvalue weighted by Crippen LogP contribution is 2.25. The molecule has 2 rings (SSSR count). The molecule has 0 saturated heterocycles. The van der Waals surface area contributed by atoms with Crippen LogP contribution in [0, 0.1) is 0 Å². The van der Waals surface area contributed by atoms with Crippen molar-refractivity contribution in [3.63, 3.8) is 0 Å². The van der Waals surface area contributed by atoms with Crippen LogP contribution in [0.1, 0.15) is 15.9 Å². The molecule has 0 unspecified atom stereocenters. The van der Waals surface area contributed by atoms with E-state index in [9.17, 15) is 9.90 Å². The van der Waals surface area contributed by atoms with Crippen LogP contribution >= 0.6 is 11.6 Å². The Balaban J connectivity index is 2.29. The monoisotopic (exact) mass is 318 g/mol. The van der Waals surface area contributed by atoms with Gasteiger partial charge < -0.3 is 14.6 Å². The largest absolute Gasteiger partial charge is 0.506 e. The van der Waals surface area contributed by atoms with Gasteiger partial charge in [0.1, 0.15) is 22.3 Å². The van der Waals surface area contributed by atoms with E-state index in [1.807, 2.05) is 0 Å². The highest BCUT2D eigenvalue weighted by molar-refractivity contribution is 6.47. The fourth-order valence-corrected chi connectivity index (χ4v) is 2.07. The van der Waals surface area contributed by atoms with Gasteiger partial charge in [-0.05, 0) is 48.5 Å². The molecule has 5 heteroatoms. The minimum atomic E-state index is -0.461. The molecule has 0 aliphatic rings. The Labute approximate surface area is 133 Å². The number of carbonyl (C=O) groups is 1. The summed E-state index contributed by atoms with van der Waals surface area (Å²) >= 11 is 6.02. The van der Waals surface area contributed by atoms with Gasteiger partial charge in [-0.1, -0.05) is 11.6 Å². The Morgan fingerprint density at radius 3 is 1.68 bits per heavy atom. The molecule has 0 aromatic heterocycles. The van der Waals surface area contributed by atoms with Gasteiger partial charge in [0.05, 0.1) is 14.2 Å². The van der Waals surface area contributed by atoms with Gasteiger partial charge in [-0.3, -0.25) is 4.79 Å². The fourth-order valence-electron chi connectivity index (χ4n) is 1.85. The number of ketones is 1. The highest BCUT2D eigenvalue weighted by Gasteiger charge is 2.16. The van der Waals surface area contributed by atoms with Crippen LogP contribution in [0.25, 0.3) is 5.76 Å². The van der Waals surface area contributed by atoms with Gasteiger partial charge in [0.25, 0.3) is 0 Å². The van der Waals surface area contributed by atoms with Crippen molar-refractivity contribution in [3.05, 3.63) is 64.7 Å². The summed E-state index contributed by atoms with van der Waals surface area (Å²) in [6.07, 6.45) is 0. The van der Waals surface area contributed by atoms with E-state index >= 15 is 0 Å². The number of benzene rings is 2. The van der Waals surface area contributed by atoms with Crippen LogP contribution in [0.15, 0.2) is 53.6 Å². The van der Waals surface area contributed by atoms with Crippen molar-refractivity contribution in [2.45, 2.75) is 0 Å². The molecular weight excluding hydrogens is 304 g/mol. The van der Waals surface area contributed by atoms with Crippen molar-refractivity contribution < 1.29 is 19.4 Å². The number of hydrogen-bond acceptors (Lipinski definition) is 4. The number of halogens is 1. The maximum atomic E-state index is 12.3. The first kappa shape index (κ1) is 15.9. The standard InChI is InChI=1S/C17H15ClO4/c1-21-13-7-3-11(4-8-13)16(19)15(18)17(20)12-5-9-14(22-2)10-6-12/h3-10,19H,1-2H3. The molecule has 4 nitrogen and oxygen atoms in total. The molecular formula is C17H15ClO4. The number of Topliss-reactive ketones (excluding diaryl/α,β-unsaturated/α-hetero) is 1. The molecule has 114 valence electrons. The summed E-state index contributed by atoms with van der Waals surface area (Å²) in [5.74, 6) is 0.549. The molecule has 0 aliphatic carbocycles. The smallest absolute Gasteiger partial charge is 0.208 e. The number of aliphatic hydroxyl groups is 1. The molecule has 0 radical (unpaired) electrons. The van der Waals surface area contributed by atoms with Crippen molar-refractivity contribution in [2.24, 2.45) is 0 Å². The topological polar surface area (TPSA) is 55.8 Å². The van der Waals surface area contributed by atoms with Crippen molar-refractivity contribution >= 4 is 23.1 Å². The molecule has 0 aliphatic heterocycles. The average molecular weight is 319 g/mol. The first-order valence-electron chi connectivity index (χ1n) is 6.48. The van der Waals surface area contributed by atoms with Gasteiger partial charge in [-0.25, -0.2) is 0 Å². The predicted octanol–water partition coefficient (Wildman–Crippen LogP) is 4.05. The van der Waals surface area contributed by atoms with E-state index in [-0.39, 0.29) is 10.8 Å². The van der Waals surface area contributed by atoms with Crippen LogP contribution in [0.3, 0.4) is 0 Å². The zero-order valence-corrected chi connectivity index (χ0v) is 12.9. The van der Waals surface area contributed by atoms with Gasteiger partial charge >= 0.3 is 0 Å². The number of ether oxygens (including phenoxy) is 2. The average Bonchev–Trinajstić information content (AvgIpc) is 2.60. The van der Waals surface area contributed by atoms with Gasteiger partial charge in [0.2, 0.25) is 5.78 Å².